The second kappa shape index (κ2) is 5.53. The normalized spacial score (nSPS) is 10.9. The number of aromatic nitrogens is 1. The van der Waals surface area contributed by atoms with Gasteiger partial charge in [0, 0.05) is 12.5 Å². The molecule has 0 aliphatic heterocycles. The Balaban J connectivity index is 2.13. The summed E-state index contributed by atoms with van der Waals surface area (Å²) in [7, 11) is 0. The molecule has 0 radical (unpaired) electrons. The number of carboxylic acid groups (broad SMARTS) is 1. The van der Waals surface area contributed by atoms with Crippen LogP contribution in [0.5, 0.6) is 5.88 Å². The van der Waals surface area contributed by atoms with Gasteiger partial charge in [0.2, 0.25) is 5.88 Å². The van der Waals surface area contributed by atoms with Crippen LogP contribution >= 0.6 is 11.3 Å². The molecule has 6 heteroatoms. The van der Waals surface area contributed by atoms with Crippen molar-refractivity contribution in [1.82, 2.24) is 4.98 Å². The Morgan fingerprint density at radius 1 is 1.32 bits per heavy atom. The van der Waals surface area contributed by atoms with Gasteiger partial charge >= 0.3 is 10.8 Å². The maximum absolute atomic E-state index is 11.0. The van der Waals surface area contributed by atoms with Gasteiger partial charge in [0.15, 0.2) is 0 Å². The molecule has 0 amide bonds. The molecule has 0 unspecified atom stereocenters. The number of aliphatic carboxylic acids is 1. The molecule has 1 heterocycles. The molecule has 0 saturated carbocycles. The highest BCUT2D eigenvalue weighted by Gasteiger charge is 2.07. The Morgan fingerprint density at radius 3 is 2.53 bits per heavy atom. The van der Waals surface area contributed by atoms with Crippen LogP contribution in [-0.2, 0) is 11.2 Å². The minimum Gasteiger partial charge on any atom is -0.494 e. The van der Waals surface area contributed by atoms with Crippen molar-refractivity contribution in [3.63, 3.8) is 0 Å². The Bertz CT molecular complexity index is 667. The summed E-state index contributed by atoms with van der Waals surface area (Å²) in [6.45, 7) is 0. The zero-order valence-electron chi connectivity index (χ0n) is 9.79. The molecule has 3 N–H and O–H groups in total. The number of carboxylic acids is 1. The maximum Gasteiger partial charge on any atom is 0.328 e. The van der Waals surface area contributed by atoms with Gasteiger partial charge in [0.25, 0.3) is 0 Å². The first-order valence-corrected chi connectivity index (χ1v) is 6.27. The first-order chi connectivity index (χ1) is 9.04. The topological polar surface area (TPSA) is 90.4 Å². The highest BCUT2D eigenvalue weighted by Crippen LogP contribution is 2.20. The number of nitrogens with one attached hydrogen (secondary N) is 1. The summed E-state index contributed by atoms with van der Waals surface area (Å²) in [4.78, 5) is 24.0. The molecule has 0 aliphatic rings. The van der Waals surface area contributed by atoms with Crippen molar-refractivity contribution in [2.75, 3.05) is 0 Å². The summed E-state index contributed by atoms with van der Waals surface area (Å²) < 4.78 is 0. The molecule has 1 aromatic heterocycles. The summed E-state index contributed by atoms with van der Waals surface area (Å²) in [5, 5.41) is 18.0. The third kappa shape index (κ3) is 3.56. The fourth-order valence-electron chi connectivity index (χ4n) is 1.57. The van der Waals surface area contributed by atoms with Crippen LogP contribution < -0.4 is 4.87 Å². The molecular weight excluding hydrogens is 266 g/mol. The minimum absolute atomic E-state index is 0.0927. The number of thiazole rings is 1. The van der Waals surface area contributed by atoms with Crippen LogP contribution in [-0.4, -0.2) is 21.2 Å². The molecule has 2 aromatic rings. The summed E-state index contributed by atoms with van der Waals surface area (Å²) in [5.74, 6) is -1.09. The van der Waals surface area contributed by atoms with Crippen molar-refractivity contribution >= 4 is 23.4 Å². The number of hydrogen-bond acceptors (Lipinski definition) is 4. The highest BCUT2D eigenvalue weighted by atomic mass is 32.1. The van der Waals surface area contributed by atoms with Crippen molar-refractivity contribution < 1.29 is 15.0 Å². The molecule has 0 saturated heterocycles. The molecule has 5 nitrogen and oxygen atoms in total. The molecule has 1 aromatic carbocycles. The van der Waals surface area contributed by atoms with Gasteiger partial charge in [0.1, 0.15) is 0 Å². The second-order valence-electron chi connectivity index (χ2n) is 3.88. The summed E-state index contributed by atoms with van der Waals surface area (Å²) >= 11 is 0.975. The summed E-state index contributed by atoms with van der Waals surface area (Å²) in [6, 6.07) is 7.21. The number of aromatic amines is 1. The molecular formula is C13H11NO4S. The molecule has 0 fully saturated rings. The third-order valence-corrected chi connectivity index (χ3v) is 3.33. The van der Waals surface area contributed by atoms with E-state index in [2.05, 4.69) is 4.98 Å². The number of H-pyrrole nitrogens is 1. The van der Waals surface area contributed by atoms with E-state index in [1.807, 2.05) is 12.1 Å². The van der Waals surface area contributed by atoms with Crippen LogP contribution in [0.3, 0.4) is 0 Å². The second-order valence-corrected chi connectivity index (χ2v) is 4.94. The smallest absolute Gasteiger partial charge is 0.328 e. The molecule has 0 aliphatic carbocycles. The van der Waals surface area contributed by atoms with Crippen molar-refractivity contribution in [3.05, 3.63) is 56.0 Å². The fraction of sp³-hybridized carbons (Fsp3) is 0.0769. The van der Waals surface area contributed by atoms with Crippen LogP contribution in [0.15, 0.2) is 35.1 Å². The monoisotopic (exact) mass is 277 g/mol. The molecule has 0 bridgehead atoms. The number of rotatable bonds is 4. The third-order valence-electron chi connectivity index (χ3n) is 2.46. The maximum atomic E-state index is 11.0. The molecule has 19 heavy (non-hydrogen) atoms. The zero-order chi connectivity index (χ0) is 13.8. The van der Waals surface area contributed by atoms with Gasteiger partial charge < -0.3 is 10.2 Å². The lowest BCUT2D eigenvalue weighted by Crippen LogP contribution is -1.89. The van der Waals surface area contributed by atoms with E-state index in [0.717, 1.165) is 28.5 Å². The first kappa shape index (κ1) is 13.1. The lowest BCUT2D eigenvalue weighted by molar-refractivity contribution is -0.131. The number of carbonyl (C=O) groups is 1. The van der Waals surface area contributed by atoms with Crippen molar-refractivity contribution in [3.8, 4) is 5.88 Å². The van der Waals surface area contributed by atoms with E-state index < -0.39 is 5.97 Å². The van der Waals surface area contributed by atoms with E-state index >= 15 is 0 Å². The van der Waals surface area contributed by atoms with E-state index in [9.17, 15) is 14.7 Å². The summed E-state index contributed by atoms with van der Waals surface area (Å²) in [5.41, 5.74) is 1.70. The predicted molar refractivity (Wildman–Crippen MR) is 72.5 cm³/mol. The van der Waals surface area contributed by atoms with Crippen molar-refractivity contribution in [2.24, 2.45) is 0 Å². The number of benzene rings is 1. The van der Waals surface area contributed by atoms with Crippen LogP contribution in [0, 0.1) is 0 Å². The van der Waals surface area contributed by atoms with E-state index in [-0.39, 0.29) is 10.8 Å². The van der Waals surface area contributed by atoms with Gasteiger partial charge in [-0.3, -0.25) is 9.78 Å². The van der Waals surface area contributed by atoms with Crippen molar-refractivity contribution in [2.45, 2.75) is 6.42 Å². The Morgan fingerprint density at radius 2 is 2.00 bits per heavy atom. The van der Waals surface area contributed by atoms with E-state index in [1.54, 1.807) is 12.1 Å². The van der Waals surface area contributed by atoms with Gasteiger partial charge in [-0.05, 0) is 17.2 Å². The largest absolute Gasteiger partial charge is 0.494 e. The van der Waals surface area contributed by atoms with Gasteiger partial charge in [0.05, 0.1) is 4.88 Å². The minimum atomic E-state index is -0.994. The van der Waals surface area contributed by atoms with Gasteiger partial charge in [-0.1, -0.05) is 35.6 Å². The Hall–Kier alpha value is -2.34. The average molecular weight is 277 g/mol. The Kier molecular flexibility index (Phi) is 3.82. The molecule has 0 atom stereocenters. The predicted octanol–water partition coefficient (Wildman–Crippen LogP) is 1.83. The number of hydrogen-bond donors (Lipinski definition) is 3. The lowest BCUT2D eigenvalue weighted by Gasteiger charge is -2.00. The van der Waals surface area contributed by atoms with Gasteiger partial charge in [-0.2, -0.15) is 0 Å². The fourth-order valence-corrected chi connectivity index (χ4v) is 2.33. The van der Waals surface area contributed by atoms with Gasteiger partial charge in [-0.15, -0.1) is 0 Å². The SMILES string of the molecule is O=C(O)C=Cc1ccc(Cc2sc(=O)[nH]c2O)cc1. The molecule has 98 valence electrons. The average Bonchev–Trinajstić information content (AvgIpc) is 2.67. The van der Waals surface area contributed by atoms with E-state index in [1.165, 1.54) is 6.08 Å². The molecule has 0 spiro atoms. The van der Waals surface area contributed by atoms with E-state index in [0.29, 0.717) is 11.3 Å². The van der Waals surface area contributed by atoms with Crippen LogP contribution in [0.1, 0.15) is 16.0 Å². The first-order valence-electron chi connectivity index (χ1n) is 5.45. The van der Waals surface area contributed by atoms with Crippen LogP contribution in [0.4, 0.5) is 0 Å². The highest BCUT2D eigenvalue weighted by molar-refractivity contribution is 7.09. The van der Waals surface area contributed by atoms with Crippen LogP contribution in [0.25, 0.3) is 6.08 Å². The van der Waals surface area contributed by atoms with E-state index in [4.69, 9.17) is 5.11 Å². The van der Waals surface area contributed by atoms with Crippen LogP contribution in [0.2, 0.25) is 0 Å². The summed E-state index contributed by atoms with van der Waals surface area (Å²) in [6.07, 6.45) is 3.02. The quantitative estimate of drug-likeness (QED) is 0.744. The van der Waals surface area contributed by atoms with Crippen molar-refractivity contribution in [1.29, 1.82) is 0 Å². The zero-order valence-corrected chi connectivity index (χ0v) is 10.6. The van der Waals surface area contributed by atoms with Gasteiger partial charge in [-0.25, -0.2) is 4.79 Å². The standard InChI is InChI=1S/C13H11NO4S/c15-11(16)6-5-8-1-3-9(4-2-8)7-10-12(17)14-13(18)19-10/h1-6,17H,7H2,(H,14,18)(H,15,16). The molecule has 2 rings (SSSR count). The number of aromatic hydroxyl groups is 1. The Labute approximate surface area is 112 Å². The lowest BCUT2D eigenvalue weighted by atomic mass is 10.1.